The summed E-state index contributed by atoms with van der Waals surface area (Å²) in [5.74, 6) is 0.837. The van der Waals surface area contributed by atoms with Crippen molar-refractivity contribution in [3.8, 4) is 0 Å². The van der Waals surface area contributed by atoms with Gasteiger partial charge in [-0.2, -0.15) is 5.48 Å². The van der Waals surface area contributed by atoms with Gasteiger partial charge in [-0.15, -0.1) is 0 Å². The molecule has 0 spiro atoms. The lowest BCUT2D eigenvalue weighted by Crippen LogP contribution is -2.33. The van der Waals surface area contributed by atoms with Gasteiger partial charge in [0.1, 0.15) is 0 Å². The van der Waals surface area contributed by atoms with E-state index >= 15 is 0 Å². The summed E-state index contributed by atoms with van der Waals surface area (Å²) in [6.45, 7) is 5.63. The summed E-state index contributed by atoms with van der Waals surface area (Å²) < 4.78 is 5.68. The van der Waals surface area contributed by atoms with Crippen molar-refractivity contribution < 1.29 is 14.7 Å². The number of nitrogens with one attached hydrogen (secondary N) is 1. The van der Waals surface area contributed by atoms with Gasteiger partial charge in [-0.1, -0.05) is 6.92 Å². The maximum atomic E-state index is 9.59. The van der Waals surface area contributed by atoms with Gasteiger partial charge in [0, 0.05) is 6.54 Å². The Kier molecular flexibility index (Phi) is 6.96. The summed E-state index contributed by atoms with van der Waals surface area (Å²) in [7, 11) is 0. The highest BCUT2D eigenvalue weighted by molar-refractivity contribution is 4.70. The monoisotopic (exact) mass is 231 g/mol. The van der Waals surface area contributed by atoms with Crippen LogP contribution in [0.15, 0.2) is 0 Å². The van der Waals surface area contributed by atoms with Crippen LogP contribution in [-0.2, 0) is 9.57 Å². The molecular weight excluding hydrogens is 206 g/mol. The van der Waals surface area contributed by atoms with Crippen molar-refractivity contribution in [3.63, 3.8) is 0 Å². The first-order valence-corrected chi connectivity index (χ1v) is 6.36. The van der Waals surface area contributed by atoms with Crippen LogP contribution >= 0.6 is 0 Å². The van der Waals surface area contributed by atoms with Gasteiger partial charge in [0.05, 0.1) is 25.4 Å². The number of hydrogen-bond donors (Lipinski definition) is 2. The normalized spacial score (nSPS) is 27.9. The second kappa shape index (κ2) is 8.01. The van der Waals surface area contributed by atoms with Crippen molar-refractivity contribution in [2.45, 2.75) is 51.7 Å². The maximum Gasteiger partial charge on any atom is 0.0921 e. The van der Waals surface area contributed by atoms with E-state index in [2.05, 4.69) is 12.4 Å². The molecule has 1 atom stereocenters. The lowest BCUT2D eigenvalue weighted by molar-refractivity contribution is -0.0459. The molecule has 0 saturated heterocycles. The molecule has 0 heterocycles. The molecule has 0 bridgehead atoms. The van der Waals surface area contributed by atoms with Gasteiger partial charge in [0.25, 0.3) is 0 Å². The fourth-order valence-electron chi connectivity index (χ4n) is 1.96. The third-order valence-electron chi connectivity index (χ3n) is 3.05. The van der Waals surface area contributed by atoms with Crippen LogP contribution in [0.25, 0.3) is 0 Å². The molecule has 1 fully saturated rings. The highest BCUT2D eigenvalue weighted by Crippen LogP contribution is 2.25. The molecule has 0 radical (unpaired) electrons. The Morgan fingerprint density at radius 3 is 2.62 bits per heavy atom. The Bertz CT molecular complexity index is 170. The van der Waals surface area contributed by atoms with Crippen LogP contribution in [0, 0.1) is 5.92 Å². The highest BCUT2D eigenvalue weighted by atomic mass is 16.6. The van der Waals surface area contributed by atoms with Crippen LogP contribution in [0.2, 0.25) is 0 Å². The smallest absolute Gasteiger partial charge is 0.0921 e. The number of aliphatic hydroxyl groups excluding tert-OH is 1. The Morgan fingerprint density at radius 1 is 1.31 bits per heavy atom. The molecule has 1 aliphatic carbocycles. The molecule has 0 aromatic carbocycles. The zero-order chi connectivity index (χ0) is 11.8. The van der Waals surface area contributed by atoms with E-state index < -0.39 is 6.10 Å². The standard InChI is InChI=1S/C12H25NO3/c1-3-16-13-8-11(14)9-15-12-6-4-10(2)5-7-12/h10-14H,3-9H2,1-2H3. The predicted octanol–water partition coefficient (Wildman–Crippen LogP) is 1.48. The highest BCUT2D eigenvalue weighted by Gasteiger charge is 2.19. The van der Waals surface area contributed by atoms with E-state index in [0.29, 0.717) is 25.9 Å². The van der Waals surface area contributed by atoms with Crippen LogP contribution in [0.1, 0.15) is 39.5 Å². The van der Waals surface area contributed by atoms with Gasteiger partial charge in [0.15, 0.2) is 0 Å². The van der Waals surface area contributed by atoms with Crippen LogP contribution in [-0.4, -0.2) is 37.1 Å². The molecule has 4 heteroatoms. The largest absolute Gasteiger partial charge is 0.389 e. The van der Waals surface area contributed by atoms with Crippen molar-refractivity contribution in [2.24, 2.45) is 5.92 Å². The van der Waals surface area contributed by atoms with Crippen molar-refractivity contribution >= 4 is 0 Å². The summed E-state index contributed by atoms with van der Waals surface area (Å²) in [5, 5.41) is 9.59. The second-order valence-corrected chi connectivity index (χ2v) is 4.65. The molecule has 1 unspecified atom stereocenters. The Morgan fingerprint density at radius 2 is 2.00 bits per heavy atom. The predicted molar refractivity (Wildman–Crippen MR) is 63.0 cm³/mol. The van der Waals surface area contributed by atoms with E-state index in [1.807, 2.05) is 6.92 Å². The van der Waals surface area contributed by atoms with Crippen molar-refractivity contribution in [3.05, 3.63) is 0 Å². The minimum absolute atomic E-state index is 0.345. The van der Waals surface area contributed by atoms with Gasteiger partial charge in [-0.25, -0.2) is 0 Å². The maximum absolute atomic E-state index is 9.59. The van der Waals surface area contributed by atoms with Crippen molar-refractivity contribution in [1.29, 1.82) is 0 Å². The Labute approximate surface area is 98.3 Å². The summed E-state index contributed by atoms with van der Waals surface area (Å²) in [4.78, 5) is 4.94. The van der Waals surface area contributed by atoms with E-state index in [0.717, 1.165) is 18.8 Å². The summed E-state index contributed by atoms with van der Waals surface area (Å²) in [6.07, 6.45) is 4.62. The molecule has 1 aliphatic rings. The molecule has 0 amide bonds. The molecule has 1 saturated carbocycles. The molecule has 0 aromatic heterocycles. The van der Waals surface area contributed by atoms with Crippen LogP contribution in [0.4, 0.5) is 0 Å². The van der Waals surface area contributed by atoms with Crippen molar-refractivity contribution in [2.75, 3.05) is 19.8 Å². The SMILES string of the molecule is CCONCC(O)COC1CCC(C)CC1. The zero-order valence-corrected chi connectivity index (χ0v) is 10.4. The summed E-state index contributed by atoms with van der Waals surface area (Å²) >= 11 is 0. The van der Waals surface area contributed by atoms with Gasteiger partial charge in [-0.3, -0.25) is 0 Å². The molecular formula is C12H25NO3. The molecule has 2 N–H and O–H groups in total. The average Bonchev–Trinajstić information content (AvgIpc) is 2.29. The third kappa shape index (κ3) is 5.80. The zero-order valence-electron chi connectivity index (χ0n) is 10.4. The third-order valence-corrected chi connectivity index (χ3v) is 3.05. The van der Waals surface area contributed by atoms with E-state index in [9.17, 15) is 5.11 Å². The van der Waals surface area contributed by atoms with E-state index in [-0.39, 0.29) is 0 Å². The van der Waals surface area contributed by atoms with E-state index in [4.69, 9.17) is 9.57 Å². The molecule has 16 heavy (non-hydrogen) atoms. The number of hydrogen-bond acceptors (Lipinski definition) is 4. The van der Waals surface area contributed by atoms with Crippen LogP contribution in [0.3, 0.4) is 0 Å². The van der Waals surface area contributed by atoms with Crippen LogP contribution < -0.4 is 5.48 Å². The minimum Gasteiger partial charge on any atom is -0.389 e. The van der Waals surface area contributed by atoms with E-state index in [1.165, 1.54) is 12.8 Å². The first-order valence-electron chi connectivity index (χ1n) is 6.36. The van der Waals surface area contributed by atoms with Crippen LogP contribution in [0.5, 0.6) is 0 Å². The number of aliphatic hydroxyl groups is 1. The molecule has 96 valence electrons. The second-order valence-electron chi connectivity index (χ2n) is 4.65. The van der Waals surface area contributed by atoms with Crippen molar-refractivity contribution in [1.82, 2.24) is 5.48 Å². The fraction of sp³-hybridized carbons (Fsp3) is 1.00. The molecule has 4 nitrogen and oxygen atoms in total. The first kappa shape index (κ1) is 13.9. The Hall–Kier alpha value is -0.160. The lowest BCUT2D eigenvalue weighted by atomic mass is 9.89. The summed E-state index contributed by atoms with van der Waals surface area (Å²) in [6, 6.07) is 0. The lowest BCUT2D eigenvalue weighted by Gasteiger charge is -2.27. The topological polar surface area (TPSA) is 50.7 Å². The van der Waals surface area contributed by atoms with E-state index in [1.54, 1.807) is 0 Å². The average molecular weight is 231 g/mol. The molecule has 1 rings (SSSR count). The number of ether oxygens (including phenoxy) is 1. The molecule has 0 aromatic rings. The number of rotatable bonds is 7. The first-order chi connectivity index (χ1) is 7.72. The van der Waals surface area contributed by atoms with Gasteiger partial charge in [-0.05, 0) is 38.5 Å². The molecule has 0 aliphatic heterocycles. The van der Waals surface area contributed by atoms with Gasteiger partial charge < -0.3 is 14.7 Å². The van der Waals surface area contributed by atoms with Gasteiger partial charge >= 0.3 is 0 Å². The summed E-state index contributed by atoms with van der Waals surface area (Å²) in [5.41, 5.74) is 2.70. The number of hydroxylamine groups is 1. The fourth-order valence-corrected chi connectivity index (χ4v) is 1.96. The Balaban J connectivity index is 2.00. The van der Waals surface area contributed by atoms with Gasteiger partial charge in [0.2, 0.25) is 0 Å². The minimum atomic E-state index is -0.481. The quantitative estimate of drug-likeness (QED) is 0.515.